The van der Waals surface area contributed by atoms with Gasteiger partial charge in [-0.25, -0.2) is 9.78 Å². The van der Waals surface area contributed by atoms with E-state index in [4.69, 9.17) is 16.3 Å². The number of hydrogen-bond acceptors (Lipinski definition) is 5. The van der Waals surface area contributed by atoms with Crippen LogP contribution in [0, 0.1) is 5.92 Å². The molecule has 0 aliphatic rings. The fourth-order valence-corrected chi connectivity index (χ4v) is 2.25. The van der Waals surface area contributed by atoms with Crippen LogP contribution in [-0.4, -0.2) is 28.7 Å². The van der Waals surface area contributed by atoms with Gasteiger partial charge in [-0.3, -0.25) is 9.59 Å². The molecule has 0 aliphatic carbocycles. The summed E-state index contributed by atoms with van der Waals surface area (Å²) in [5, 5.41) is 2.76. The summed E-state index contributed by atoms with van der Waals surface area (Å²) in [6.45, 7) is 5.06. The molecule has 0 saturated heterocycles. The summed E-state index contributed by atoms with van der Waals surface area (Å²) in [7, 11) is 0. The first-order chi connectivity index (χ1) is 12.3. The molecule has 0 spiro atoms. The molecule has 1 amide bonds. The minimum Gasteiger partial charge on any atom is -0.451 e. The molecule has 2 rings (SSSR count). The van der Waals surface area contributed by atoms with Crippen LogP contribution in [0.4, 0.5) is 5.69 Å². The van der Waals surface area contributed by atoms with E-state index in [1.54, 1.807) is 44.2 Å². The van der Waals surface area contributed by atoms with Crippen LogP contribution in [0.5, 0.6) is 0 Å². The summed E-state index contributed by atoms with van der Waals surface area (Å²) in [4.78, 5) is 40.0. The van der Waals surface area contributed by atoms with E-state index in [0.717, 1.165) is 0 Å². The van der Waals surface area contributed by atoms with Gasteiger partial charge in [-0.2, -0.15) is 0 Å². The third-order valence-corrected chi connectivity index (χ3v) is 3.89. The zero-order valence-electron chi connectivity index (χ0n) is 14.7. The molecule has 0 aliphatic heterocycles. The Hall–Kier alpha value is -2.73. The fraction of sp³-hybridized carbons (Fsp3) is 0.263. The monoisotopic (exact) mass is 374 g/mol. The smallest absolute Gasteiger partial charge is 0.341 e. The van der Waals surface area contributed by atoms with E-state index in [2.05, 4.69) is 10.3 Å². The van der Waals surface area contributed by atoms with Gasteiger partial charge in [0.05, 0.1) is 5.56 Å². The first-order valence-electron chi connectivity index (χ1n) is 8.06. The molecule has 7 heteroatoms. The number of amides is 1. The van der Waals surface area contributed by atoms with Crippen molar-refractivity contribution in [2.75, 3.05) is 5.32 Å². The number of hydrogen-bond donors (Lipinski definition) is 1. The standard InChI is InChI=1S/C19H19ClN2O4/c1-11(2)18(24)22-14-8-6-13(7-9-14)16(23)12(3)26-19(25)15-5-4-10-21-17(15)20/h4-12H,1-3H3,(H,22,24)/t12-/m1/s1. The van der Waals surface area contributed by atoms with E-state index in [1.165, 1.54) is 19.2 Å². The van der Waals surface area contributed by atoms with Gasteiger partial charge in [0.15, 0.2) is 6.10 Å². The van der Waals surface area contributed by atoms with Crippen molar-refractivity contribution >= 4 is 34.9 Å². The van der Waals surface area contributed by atoms with Crippen molar-refractivity contribution in [3.05, 3.63) is 58.9 Å². The van der Waals surface area contributed by atoms with Gasteiger partial charge in [-0.15, -0.1) is 0 Å². The Kier molecular flexibility index (Phi) is 6.46. The van der Waals surface area contributed by atoms with Gasteiger partial charge in [0, 0.05) is 23.4 Å². The van der Waals surface area contributed by atoms with Crippen molar-refractivity contribution in [2.45, 2.75) is 26.9 Å². The number of ether oxygens (including phenoxy) is 1. The topological polar surface area (TPSA) is 85.4 Å². The molecule has 1 N–H and O–H groups in total. The Balaban J connectivity index is 2.03. The third kappa shape index (κ3) is 4.89. The average Bonchev–Trinajstić information content (AvgIpc) is 2.61. The van der Waals surface area contributed by atoms with Gasteiger partial charge >= 0.3 is 5.97 Å². The van der Waals surface area contributed by atoms with Crippen molar-refractivity contribution in [1.29, 1.82) is 0 Å². The van der Waals surface area contributed by atoms with Crippen LogP contribution in [0.1, 0.15) is 41.5 Å². The Morgan fingerprint density at radius 1 is 1.08 bits per heavy atom. The fourth-order valence-electron chi connectivity index (χ4n) is 2.05. The van der Waals surface area contributed by atoms with E-state index < -0.39 is 12.1 Å². The molecule has 1 atom stereocenters. The van der Waals surface area contributed by atoms with Gasteiger partial charge in [0.1, 0.15) is 5.15 Å². The number of rotatable bonds is 6. The number of carbonyl (C=O) groups is 3. The molecule has 0 fully saturated rings. The Labute approximate surface area is 156 Å². The lowest BCUT2D eigenvalue weighted by Crippen LogP contribution is -2.24. The van der Waals surface area contributed by atoms with E-state index in [9.17, 15) is 14.4 Å². The van der Waals surface area contributed by atoms with Gasteiger partial charge in [0.25, 0.3) is 0 Å². The predicted molar refractivity (Wildman–Crippen MR) is 98.4 cm³/mol. The first-order valence-corrected chi connectivity index (χ1v) is 8.44. The highest BCUT2D eigenvalue weighted by molar-refractivity contribution is 6.32. The van der Waals surface area contributed by atoms with Crippen LogP contribution < -0.4 is 5.32 Å². The zero-order chi connectivity index (χ0) is 19.3. The van der Waals surface area contributed by atoms with Crippen molar-refractivity contribution in [1.82, 2.24) is 4.98 Å². The first kappa shape index (κ1) is 19.6. The predicted octanol–water partition coefficient (Wildman–Crippen LogP) is 3.76. The minimum atomic E-state index is -0.991. The lowest BCUT2D eigenvalue weighted by molar-refractivity contribution is -0.118. The van der Waals surface area contributed by atoms with Crippen LogP contribution in [0.3, 0.4) is 0 Å². The number of nitrogens with one attached hydrogen (secondary N) is 1. The maximum atomic E-state index is 12.4. The number of anilines is 1. The Morgan fingerprint density at radius 3 is 2.31 bits per heavy atom. The summed E-state index contributed by atoms with van der Waals surface area (Å²) in [6, 6.07) is 9.42. The molecule has 0 radical (unpaired) electrons. The van der Waals surface area contributed by atoms with Crippen molar-refractivity contribution in [2.24, 2.45) is 5.92 Å². The van der Waals surface area contributed by atoms with E-state index in [0.29, 0.717) is 11.3 Å². The molecule has 2 aromatic rings. The number of halogens is 1. The van der Waals surface area contributed by atoms with Crippen LogP contribution in [0.25, 0.3) is 0 Å². The number of esters is 1. The quantitative estimate of drug-likeness (QED) is 0.472. The lowest BCUT2D eigenvalue weighted by Gasteiger charge is -2.13. The van der Waals surface area contributed by atoms with Gasteiger partial charge in [-0.05, 0) is 43.3 Å². The lowest BCUT2D eigenvalue weighted by atomic mass is 10.1. The molecule has 6 nitrogen and oxygen atoms in total. The molecule has 0 unspecified atom stereocenters. The summed E-state index contributed by atoms with van der Waals surface area (Å²) in [6.07, 6.45) is 0.461. The molecule has 26 heavy (non-hydrogen) atoms. The molecule has 0 bridgehead atoms. The van der Waals surface area contributed by atoms with Gasteiger partial charge < -0.3 is 10.1 Å². The minimum absolute atomic E-state index is 0.0161. The van der Waals surface area contributed by atoms with Gasteiger partial charge in [0.2, 0.25) is 11.7 Å². The summed E-state index contributed by atoms with van der Waals surface area (Å²) < 4.78 is 5.18. The zero-order valence-corrected chi connectivity index (χ0v) is 15.4. The molecular formula is C19H19ClN2O4. The number of benzene rings is 1. The van der Waals surface area contributed by atoms with E-state index >= 15 is 0 Å². The van der Waals surface area contributed by atoms with Crippen LogP contribution in [0.15, 0.2) is 42.6 Å². The van der Waals surface area contributed by atoms with E-state index in [-0.39, 0.29) is 28.3 Å². The van der Waals surface area contributed by atoms with E-state index in [1.807, 2.05) is 0 Å². The maximum absolute atomic E-state index is 12.4. The summed E-state index contributed by atoms with van der Waals surface area (Å²) in [5.41, 5.74) is 1.05. The molecule has 136 valence electrons. The SMILES string of the molecule is CC(C)C(=O)Nc1ccc(C(=O)[C@@H](C)OC(=O)c2cccnc2Cl)cc1. The molecule has 1 aromatic heterocycles. The number of aromatic nitrogens is 1. The van der Waals surface area contributed by atoms with Crippen molar-refractivity contribution in [3.63, 3.8) is 0 Å². The largest absolute Gasteiger partial charge is 0.451 e. The highest BCUT2D eigenvalue weighted by atomic mass is 35.5. The van der Waals surface area contributed by atoms with Gasteiger partial charge in [-0.1, -0.05) is 25.4 Å². The normalized spacial score (nSPS) is 11.7. The number of Topliss-reactive ketones (excluding diaryl/α,β-unsaturated/α-hetero) is 1. The summed E-state index contributed by atoms with van der Waals surface area (Å²) >= 11 is 5.85. The highest BCUT2D eigenvalue weighted by Gasteiger charge is 2.22. The highest BCUT2D eigenvalue weighted by Crippen LogP contribution is 2.16. The number of carbonyl (C=O) groups excluding carboxylic acids is 3. The van der Waals surface area contributed by atoms with Crippen LogP contribution in [-0.2, 0) is 9.53 Å². The Morgan fingerprint density at radius 2 is 1.73 bits per heavy atom. The molecule has 1 heterocycles. The second kappa shape index (κ2) is 8.58. The van der Waals surface area contributed by atoms with Crippen molar-refractivity contribution in [3.8, 4) is 0 Å². The second-order valence-electron chi connectivity index (χ2n) is 5.97. The number of pyridine rings is 1. The molecular weight excluding hydrogens is 356 g/mol. The van der Waals surface area contributed by atoms with Crippen LogP contribution in [0.2, 0.25) is 5.15 Å². The third-order valence-electron chi connectivity index (χ3n) is 3.59. The second-order valence-corrected chi connectivity index (χ2v) is 6.33. The number of nitrogens with zero attached hydrogens (tertiary/aromatic N) is 1. The summed E-state index contributed by atoms with van der Waals surface area (Å²) in [5.74, 6) is -1.33. The maximum Gasteiger partial charge on any atom is 0.341 e. The number of ketones is 1. The van der Waals surface area contributed by atoms with Crippen molar-refractivity contribution < 1.29 is 19.1 Å². The van der Waals surface area contributed by atoms with Crippen LogP contribution >= 0.6 is 11.6 Å². The Bertz CT molecular complexity index is 819. The molecule has 1 aromatic carbocycles. The average molecular weight is 375 g/mol. The molecule has 0 saturated carbocycles.